The first kappa shape index (κ1) is 22.5. The van der Waals surface area contributed by atoms with Gasteiger partial charge in [0.1, 0.15) is 11.3 Å². The van der Waals surface area contributed by atoms with Crippen molar-refractivity contribution in [2.75, 3.05) is 18.4 Å². The second-order valence-electron chi connectivity index (χ2n) is 7.33. The van der Waals surface area contributed by atoms with Crippen LogP contribution in [0, 0.1) is 0 Å². The number of phenols is 1. The van der Waals surface area contributed by atoms with Gasteiger partial charge in [-0.05, 0) is 36.4 Å². The number of nitrogens with one attached hydrogen (secondary N) is 1. The van der Waals surface area contributed by atoms with E-state index in [-0.39, 0.29) is 16.3 Å². The van der Waals surface area contributed by atoms with Crippen LogP contribution >= 0.6 is 0 Å². The van der Waals surface area contributed by atoms with Crippen LogP contribution in [0.1, 0.15) is 24.2 Å². The molecule has 0 aliphatic rings. The first-order valence-electron chi connectivity index (χ1n) is 10.4. The van der Waals surface area contributed by atoms with Crippen LogP contribution in [0.25, 0.3) is 22.2 Å². The van der Waals surface area contributed by atoms with Gasteiger partial charge in [0.05, 0.1) is 16.0 Å². The first-order valence-corrected chi connectivity index (χ1v) is 11.9. The van der Waals surface area contributed by atoms with Crippen LogP contribution < -0.4 is 5.32 Å². The molecule has 0 fully saturated rings. The molecule has 9 heteroatoms. The van der Waals surface area contributed by atoms with Crippen LogP contribution in [0.3, 0.4) is 0 Å². The first-order chi connectivity index (χ1) is 15.8. The van der Waals surface area contributed by atoms with Crippen LogP contribution in [-0.4, -0.2) is 42.0 Å². The molecule has 2 N–H and O–H groups in total. The lowest BCUT2D eigenvalue weighted by molar-refractivity contribution is 0.102. The number of amides is 1. The molecule has 0 unspecified atom stereocenters. The Morgan fingerprint density at radius 3 is 2.45 bits per heavy atom. The summed E-state index contributed by atoms with van der Waals surface area (Å²) in [5.74, 6) is -0.210. The number of carbonyl (C=O) groups excluding carboxylic acids is 1. The molecule has 0 spiro atoms. The summed E-state index contributed by atoms with van der Waals surface area (Å²) >= 11 is 0. The standard InChI is InChI=1S/C24H23N3O5S/c1-3-27(4-2)33(30,31)18-11-13-22(28)21(15-18)25-24(29)17-10-12-20-19(14-17)23(32-26-20)16-8-6-5-7-9-16/h5-15,28H,3-4H2,1-2H3,(H,25,29). The van der Waals surface area contributed by atoms with Crippen molar-refractivity contribution < 1.29 is 22.8 Å². The van der Waals surface area contributed by atoms with E-state index in [2.05, 4.69) is 10.5 Å². The van der Waals surface area contributed by atoms with Gasteiger partial charge in [0.25, 0.3) is 5.91 Å². The molecule has 8 nitrogen and oxygen atoms in total. The summed E-state index contributed by atoms with van der Waals surface area (Å²) in [7, 11) is -3.75. The summed E-state index contributed by atoms with van der Waals surface area (Å²) in [4.78, 5) is 12.9. The molecular weight excluding hydrogens is 442 g/mol. The van der Waals surface area contributed by atoms with Crippen molar-refractivity contribution in [2.45, 2.75) is 18.7 Å². The zero-order valence-electron chi connectivity index (χ0n) is 18.1. The van der Waals surface area contributed by atoms with Crippen molar-refractivity contribution in [2.24, 2.45) is 0 Å². The number of aromatic nitrogens is 1. The van der Waals surface area contributed by atoms with Gasteiger partial charge >= 0.3 is 0 Å². The van der Waals surface area contributed by atoms with E-state index in [4.69, 9.17) is 4.52 Å². The molecule has 170 valence electrons. The van der Waals surface area contributed by atoms with Crippen molar-refractivity contribution >= 4 is 32.5 Å². The fourth-order valence-corrected chi connectivity index (χ4v) is 5.05. The largest absolute Gasteiger partial charge is 0.506 e. The van der Waals surface area contributed by atoms with E-state index in [0.29, 0.717) is 35.3 Å². The highest BCUT2D eigenvalue weighted by atomic mass is 32.2. The van der Waals surface area contributed by atoms with Gasteiger partial charge in [-0.25, -0.2) is 8.42 Å². The minimum Gasteiger partial charge on any atom is -0.506 e. The molecule has 0 saturated carbocycles. The number of anilines is 1. The maximum atomic E-state index is 13.0. The average Bonchev–Trinajstić information content (AvgIpc) is 3.25. The minimum absolute atomic E-state index is 0.00179. The highest BCUT2D eigenvalue weighted by Gasteiger charge is 2.23. The van der Waals surface area contributed by atoms with Gasteiger partial charge in [0.2, 0.25) is 10.0 Å². The van der Waals surface area contributed by atoms with E-state index in [1.165, 1.54) is 22.5 Å². The van der Waals surface area contributed by atoms with Crippen LogP contribution in [0.2, 0.25) is 0 Å². The summed E-state index contributed by atoms with van der Waals surface area (Å²) in [5.41, 5.74) is 1.73. The summed E-state index contributed by atoms with van der Waals surface area (Å²) < 4.78 is 32.4. The lowest BCUT2D eigenvalue weighted by Gasteiger charge is -2.19. The third kappa shape index (κ3) is 4.33. The predicted molar refractivity (Wildman–Crippen MR) is 126 cm³/mol. The van der Waals surface area contributed by atoms with E-state index >= 15 is 0 Å². The molecule has 0 saturated heterocycles. The summed E-state index contributed by atoms with van der Waals surface area (Å²) in [6.07, 6.45) is 0. The third-order valence-corrected chi connectivity index (χ3v) is 7.38. The summed E-state index contributed by atoms with van der Waals surface area (Å²) in [6.45, 7) is 4.11. The quantitative estimate of drug-likeness (QED) is 0.389. The van der Waals surface area contributed by atoms with E-state index < -0.39 is 15.9 Å². The van der Waals surface area contributed by atoms with Gasteiger partial charge in [-0.1, -0.05) is 49.3 Å². The van der Waals surface area contributed by atoms with Crippen molar-refractivity contribution in [3.63, 3.8) is 0 Å². The smallest absolute Gasteiger partial charge is 0.255 e. The molecular formula is C24H23N3O5S. The van der Waals surface area contributed by atoms with E-state index in [1.54, 1.807) is 32.0 Å². The molecule has 0 aliphatic carbocycles. The molecule has 1 amide bonds. The van der Waals surface area contributed by atoms with Crippen molar-refractivity contribution in [1.29, 1.82) is 0 Å². The lowest BCUT2D eigenvalue weighted by Crippen LogP contribution is -2.30. The number of carbonyl (C=O) groups is 1. The van der Waals surface area contributed by atoms with Crippen LogP contribution in [-0.2, 0) is 10.0 Å². The SMILES string of the molecule is CCN(CC)S(=O)(=O)c1ccc(O)c(NC(=O)c2ccc3noc(-c4ccccc4)c3c2)c1. The summed E-state index contributed by atoms with van der Waals surface area (Å²) in [5, 5.41) is 17.5. The second kappa shape index (κ2) is 9.05. The lowest BCUT2D eigenvalue weighted by atomic mass is 10.1. The Kier molecular flexibility index (Phi) is 6.17. The number of fused-ring (bicyclic) bond motifs is 1. The zero-order chi connectivity index (χ0) is 23.6. The molecule has 33 heavy (non-hydrogen) atoms. The molecule has 1 heterocycles. The molecule has 0 atom stereocenters. The predicted octanol–water partition coefficient (Wildman–Crippen LogP) is 4.48. The maximum absolute atomic E-state index is 13.0. The second-order valence-corrected chi connectivity index (χ2v) is 9.27. The van der Waals surface area contributed by atoms with Crippen LogP contribution in [0.5, 0.6) is 5.75 Å². The third-order valence-electron chi connectivity index (χ3n) is 5.33. The Morgan fingerprint density at radius 1 is 1.03 bits per heavy atom. The normalized spacial score (nSPS) is 11.7. The van der Waals surface area contributed by atoms with E-state index in [0.717, 1.165) is 5.56 Å². The Labute approximate surface area is 191 Å². The van der Waals surface area contributed by atoms with Gasteiger partial charge in [0.15, 0.2) is 5.76 Å². The van der Waals surface area contributed by atoms with Crippen LogP contribution in [0.4, 0.5) is 5.69 Å². The summed E-state index contributed by atoms with van der Waals surface area (Å²) in [6, 6.07) is 18.1. The number of nitrogens with zero attached hydrogens (tertiary/aromatic N) is 2. The number of phenolic OH excluding ortho intramolecular Hbond substituents is 1. The maximum Gasteiger partial charge on any atom is 0.255 e. The fourth-order valence-electron chi connectivity index (χ4n) is 3.56. The monoisotopic (exact) mass is 465 g/mol. The van der Waals surface area contributed by atoms with Gasteiger partial charge in [0, 0.05) is 24.2 Å². The highest BCUT2D eigenvalue weighted by Crippen LogP contribution is 2.31. The number of benzene rings is 3. The Balaban J connectivity index is 1.66. The van der Waals surface area contributed by atoms with Crippen LogP contribution in [0.15, 0.2) is 76.1 Å². The highest BCUT2D eigenvalue weighted by molar-refractivity contribution is 7.89. The fraction of sp³-hybridized carbons (Fsp3) is 0.167. The van der Waals surface area contributed by atoms with Gasteiger partial charge in [-0.2, -0.15) is 4.31 Å². The number of aromatic hydroxyl groups is 1. The Hall–Kier alpha value is -3.69. The molecule has 4 rings (SSSR count). The minimum atomic E-state index is -3.75. The van der Waals surface area contributed by atoms with Gasteiger partial charge in [-0.3, -0.25) is 4.79 Å². The topological polar surface area (TPSA) is 113 Å². The molecule has 1 aromatic heterocycles. The van der Waals surface area contributed by atoms with Gasteiger partial charge < -0.3 is 14.9 Å². The van der Waals surface area contributed by atoms with Crippen molar-refractivity contribution in [3.05, 3.63) is 72.3 Å². The Morgan fingerprint density at radius 2 is 1.76 bits per heavy atom. The average molecular weight is 466 g/mol. The van der Waals surface area contributed by atoms with Crippen molar-refractivity contribution in [1.82, 2.24) is 9.46 Å². The van der Waals surface area contributed by atoms with E-state index in [9.17, 15) is 18.3 Å². The van der Waals surface area contributed by atoms with Gasteiger partial charge in [-0.15, -0.1) is 0 Å². The van der Waals surface area contributed by atoms with E-state index in [1.807, 2.05) is 30.3 Å². The molecule has 3 aromatic carbocycles. The number of hydrogen-bond acceptors (Lipinski definition) is 6. The number of hydrogen-bond donors (Lipinski definition) is 2. The zero-order valence-corrected chi connectivity index (χ0v) is 19.0. The molecule has 0 bridgehead atoms. The molecule has 0 aliphatic heterocycles. The molecule has 0 radical (unpaired) electrons. The number of sulfonamides is 1. The Bertz CT molecular complexity index is 1410. The number of rotatable bonds is 7. The van der Waals surface area contributed by atoms with Crippen molar-refractivity contribution in [3.8, 4) is 17.1 Å². The molecule has 4 aromatic rings.